The van der Waals surface area contributed by atoms with Gasteiger partial charge in [0, 0.05) is 11.6 Å². The first-order valence-corrected chi connectivity index (χ1v) is 7.19. The van der Waals surface area contributed by atoms with Gasteiger partial charge in [0.15, 0.2) is 0 Å². The van der Waals surface area contributed by atoms with Crippen LogP contribution < -0.4 is 5.73 Å². The largest absolute Gasteiger partial charge is 0.507 e. The van der Waals surface area contributed by atoms with Crippen LogP contribution in [-0.4, -0.2) is 5.11 Å². The summed E-state index contributed by atoms with van der Waals surface area (Å²) in [5.74, 6) is 0.771. The number of hydrogen-bond acceptors (Lipinski definition) is 2. The third kappa shape index (κ3) is 2.10. The van der Waals surface area contributed by atoms with E-state index in [-0.39, 0.29) is 6.04 Å². The van der Waals surface area contributed by atoms with Crippen LogP contribution >= 0.6 is 0 Å². The summed E-state index contributed by atoms with van der Waals surface area (Å²) in [6.45, 7) is 4.06. The molecule has 2 nitrogen and oxygen atoms in total. The number of rotatable bonds is 2. The molecular formula is C18H21NO. The van der Waals surface area contributed by atoms with Crippen molar-refractivity contribution in [1.29, 1.82) is 0 Å². The predicted molar refractivity (Wildman–Crippen MR) is 81.8 cm³/mol. The molecule has 0 heterocycles. The minimum Gasteiger partial charge on any atom is -0.507 e. The maximum atomic E-state index is 10.3. The van der Waals surface area contributed by atoms with Gasteiger partial charge in [0.25, 0.3) is 0 Å². The van der Waals surface area contributed by atoms with Gasteiger partial charge in [0.05, 0.1) is 0 Å². The van der Waals surface area contributed by atoms with Crippen molar-refractivity contribution in [2.75, 3.05) is 0 Å². The van der Waals surface area contributed by atoms with Crippen LogP contribution in [0.1, 0.15) is 33.9 Å². The van der Waals surface area contributed by atoms with Crippen molar-refractivity contribution in [3.8, 4) is 5.75 Å². The molecule has 0 amide bonds. The quantitative estimate of drug-likeness (QED) is 0.875. The van der Waals surface area contributed by atoms with Gasteiger partial charge in [0.2, 0.25) is 0 Å². The van der Waals surface area contributed by atoms with E-state index in [9.17, 15) is 5.11 Å². The number of aryl methyl sites for hydroxylation is 2. The molecule has 0 saturated heterocycles. The van der Waals surface area contributed by atoms with Gasteiger partial charge in [0.1, 0.15) is 5.75 Å². The van der Waals surface area contributed by atoms with E-state index in [4.69, 9.17) is 5.73 Å². The first kappa shape index (κ1) is 13.2. The molecule has 0 aliphatic heterocycles. The van der Waals surface area contributed by atoms with Crippen molar-refractivity contribution in [1.82, 2.24) is 0 Å². The fourth-order valence-electron chi connectivity index (χ4n) is 3.42. The van der Waals surface area contributed by atoms with E-state index in [0.29, 0.717) is 11.7 Å². The summed E-state index contributed by atoms with van der Waals surface area (Å²) in [7, 11) is 0. The molecule has 0 aromatic heterocycles. The van der Waals surface area contributed by atoms with Crippen molar-refractivity contribution in [2.45, 2.75) is 32.7 Å². The zero-order valence-corrected chi connectivity index (χ0v) is 12.1. The lowest BCUT2D eigenvalue weighted by Gasteiger charge is -2.17. The average molecular weight is 267 g/mol. The van der Waals surface area contributed by atoms with Gasteiger partial charge in [-0.1, -0.05) is 36.4 Å². The van der Waals surface area contributed by atoms with Crippen molar-refractivity contribution in [3.05, 3.63) is 64.2 Å². The van der Waals surface area contributed by atoms with Crippen LogP contribution in [0.4, 0.5) is 0 Å². The highest BCUT2D eigenvalue weighted by Gasteiger charge is 2.33. The molecule has 3 N–H and O–H groups in total. The fraction of sp³-hybridized carbons (Fsp3) is 0.333. The molecule has 0 spiro atoms. The molecule has 0 bridgehead atoms. The molecule has 0 fully saturated rings. The number of fused-ring (bicyclic) bond motifs is 1. The molecular weight excluding hydrogens is 246 g/mol. The number of nitrogens with two attached hydrogens (primary N) is 1. The molecule has 104 valence electrons. The summed E-state index contributed by atoms with van der Waals surface area (Å²) >= 11 is 0. The van der Waals surface area contributed by atoms with Crippen LogP contribution in [0.3, 0.4) is 0 Å². The average Bonchev–Trinajstić information content (AvgIpc) is 2.76. The van der Waals surface area contributed by atoms with Crippen LogP contribution in [-0.2, 0) is 12.8 Å². The standard InChI is InChI=1S/C18H21NO/c1-11-8-12(2)18(20)16-15(11)10-14(17(16)19)9-13-6-4-3-5-7-13/h3-8,14,17,20H,9-10,19H2,1-2H3. The van der Waals surface area contributed by atoms with E-state index in [1.165, 1.54) is 16.7 Å². The maximum absolute atomic E-state index is 10.3. The second kappa shape index (κ2) is 4.95. The highest BCUT2D eigenvalue weighted by Crippen LogP contribution is 2.44. The molecule has 3 rings (SSSR count). The Bertz CT molecular complexity index is 634. The summed E-state index contributed by atoms with van der Waals surface area (Å²) in [5.41, 5.74) is 12.1. The van der Waals surface area contributed by atoms with Crippen molar-refractivity contribution in [3.63, 3.8) is 0 Å². The van der Waals surface area contributed by atoms with E-state index in [1.807, 2.05) is 13.0 Å². The Morgan fingerprint density at radius 2 is 1.85 bits per heavy atom. The van der Waals surface area contributed by atoms with Crippen molar-refractivity contribution in [2.24, 2.45) is 11.7 Å². The molecule has 1 aliphatic rings. The van der Waals surface area contributed by atoms with Gasteiger partial charge < -0.3 is 10.8 Å². The Morgan fingerprint density at radius 3 is 2.55 bits per heavy atom. The molecule has 2 aromatic rings. The van der Waals surface area contributed by atoms with E-state index in [2.05, 4.69) is 37.3 Å². The first-order chi connectivity index (χ1) is 9.58. The Morgan fingerprint density at radius 1 is 1.15 bits per heavy atom. The van der Waals surface area contributed by atoms with Crippen LogP contribution in [0.25, 0.3) is 0 Å². The van der Waals surface area contributed by atoms with Crippen LogP contribution in [0, 0.1) is 19.8 Å². The van der Waals surface area contributed by atoms with Gasteiger partial charge in [-0.15, -0.1) is 0 Å². The van der Waals surface area contributed by atoms with Gasteiger partial charge in [-0.2, -0.15) is 0 Å². The Balaban J connectivity index is 1.93. The highest BCUT2D eigenvalue weighted by atomic mass is 16.3. The predicted octanol–water partition coefficient (Wildman–Crippen LogP) is 3.42. The van der Waals surface area contributed by atoms with E-state index < -0.39 is 0 Å². The monoisotopic (exact) mass is 267 g/mol. The van der Waals surface area contributed by atoms with Gasteiger partial charge in [-0.25, -0.2) is 0 Å². The number of benzene rings is 2. The smallest absolute Gasteiger partial charge is 0.123 e. The summed E-state index contributed by atoms with van der Waals surface area (Å²) < 4.78 is 0. The summed E-state index contributed by atoms with van der Waals surface area (Å²) in [4.78, 5) is 0. The second-order valence-electron chi connectivity index (χ2n) is 5.93. The SMILES string of the molecule is Cc1cc(C)c2c(c1O)C(N)C(Cc1ccccc1)C2. The Labute approximate surface area is 120 Å². The maximum Gasteiger partial charge on any atom is 0.123 e. The minimum absolute atomic E-state index is 0.0659. The number of hydrogen-bond donors (Lipinski definition) is 2. The first-order valence-electron chi connectivity index (χ1n) is 7.19. The lowest BCUT2D eigenvalue weighted by Crippen LogP contribution is -2.19. The van der Waals surface area contributed by atoms with Crippen LogP contribution in [0.15, 0.2) is 36.4 Å². The molecule has 20 heavy (non-hydrogen) atoms. The minimum atomic E-state index is -0.0659. The van der Waals surface area contributed by atoms with E-state index in [0.717, 1.165) is 24.0 Å². The topological polar surface area (TPSA) is 46.2 Å². The van der Waals surface area contributed by atoms with Crippen molar-refractivity contribution >= 4 is 0 Å². The number of phenolic OH excluding ortho intramolecular Hbond substituents is 1. The zero-order chi connectivity index (χ0) is 14.3. The lowest BCUT2D eigenvalue weighted by atomic mass is 9.93. The molecule has 2 aromatic carbocycles. The molecule has 0 saturated carbocycles. The fourth-order valence-corrected chi connectivity index (χ4v) is 3.42. The van der Waals surface area contributed by atoms with Gasteiger partial charge in [-0.05, 0) is 54.9 Å². The summed E-state index contributed by atoms with van der Waals surface area (Å²) in [6.07, 6.45) is 1.93. The molecule has 1 aliphatic carbocycles. The third-order valence-corrected chi connectivity index (χ3v) is 4.51. The Hall–Kier alpha value is -1.80. The van der Waals surface area contributed by atoms with Crippen LogP contribution in [0.2, 0.25) is 0 Å². The second-order valence-corrected chi connectivity index (χ2v) is 5.93. The Kier molecular flexibility index (Phi) is 3.27. The highest BCUT2D eigenvalue weighted by molar-refractivity contribution is 5.53. The lowest BCUT2D eigenvalue weighted by molar-refractivity contribution is 0.431. The zero-order valence-electron chi connectivity index (χ0n) is 12.1. The summed E-state index contributed by atoms with van der Waals surface area (Å²) in [6, 6.07) is 12.5. The van der Waals surface area contributed by atoms with Gasteiger partial charge in [-0.3, -0.25) is 0 Å². The van der Waals surface area contributed by atoms with E-state index >= 15 is 0 Å². The van der Waals surface area contributed by atoms with Crippen LogP contribution in [0.5, 0.6) is 5.75 Å². The third-order valence-electron chi connectivity index (χ3n) is 4.51. The summed E-state index contributed by atoms with van der Waals surface area (Å²) in [5, 5.41) is 10.3. The van der Waals surface area contributed by atoms with Gasteiger partial charge >= 0.3 is 0 Å². The normalized spacial score (nSPS) is 20.9. The van der Waals surface area contributed by atoms with E-state index in [1.54, 1.807) is 0 Å². The number of phenols is 1. The molecule has 0 radical (unpaired) electrons. The van der Waals surface area contributed by atoms with Crippen molar-refractivity contribution < 1.29 is 5.11 Å². The molecule has 2 heteroatoms. The number of aromatic hydroxyl groups is 1. The molecule has 2 atom stereocenters. The molecule has 2 unspecified atom stereocenters.